The monoisotopic (exact) mass is 356 g/mol. The van der Waals surface area contributed by atoms with Gasteiger partial charge in [0.1, 0.15) is 17.4 Å². The predicted molar refractivity (Wildman–Crippen MR) is 92.2 cm³/mol. The van der Waals surface area contributed by atoms with Gasteiger partial charge in [0.05, 0.1) is 0 Å². The van der Waals surface area contributed by atoms with Gasteiger partial charge in [-0.25, -0.2) is 4.98 Å². The third-order valence-electron chi connectivity index (χ3n) is 4.07. The molecule has 128 valence electrons. The van der Waals surface area contributed by atoms with E-state index in [4.69, 9.17) is 4.52 Å². The largest absolute Gasteiger partial charge is 0.365 e. The Balaban J connectivity index is 1.57. The third-order valence-corrected chi connectivity index (χ3v) is 4.93. The van der Waals surface area contributed by atoms with Gasteiger partial charge in [0.2, 0.25) is 11.7 Å². The van der Waals surface area contributed by atoms with Gasteiger partial charge < -0.3 is 14.7 Å². The van der Waals surface area contributed by atoms with Crippen molar-refractivity contribution in [2.75, 3.05) is 18.9 Å². The molecule has 0 aliphatic carbocycles. The third kappa shape index (κ3) is 2.98. The van der Waals surface area contributed by atoms with E-state index in [0.717, 1.165) is 12.8 Å². The normalized spacial score (nSPS) is 17.0. The van der Waals surface area contributed by atoms with Crippen molar-refractivity contribution >= 4 is 22.4 Å². The smallest absolute Gasteiger partial charge is 0.274 e. The number of amides is 1. The van der Waals surface area contributed by atoms with E-state index in [1.807, 2.05) is 18.2 Å². The summed E-state index contributed by atoms with van der Waals surface area (Å²) in [5.74, 6) is 0.759. The topological polar surface area (TPSA) is 97.0 Å². The highest BCUT2D eigenvalue weighted by molar-refractivity contribution is 7.13. The summed E-state index contributed by atoms with van der Waals surface area (Å²) in [6, 6.07) is 5.29. The van der Waals surface area contributed by atoms with Gasteiger partial charge >= 0.3 is 0 Å². The first-order chi connectivity index (χ1) is 12.3. The molecule has 3 aromatic rings. The molecule has 0 saturated carbocycles. The Morgan fingerprint density at radius 1 is 1.40 bits per heavy atom. The van der Waals surface area contributed by atoms with Crippen LogP contribution < -0.4 is 5.32 Å². The quantitative estimate of drug-likeness (QED) is 0.767. The molecule has 25 heavy (non-hydrogen) atoms. The number of carbonyl (C=O) groups excluding carboxylic acids is 1. The van der Waals surface area contributed by atoms with Crippen LogP contribution in [0.15, 0.2) is 34.3 Å². The fraction of sp³-hybridized carbons (Fsp3) is 0.312. The molecule has 3 aromatic heterocycles. The average Bonchev–Trinajstić information content (AvgIpc) is 3.41. The summed E-state index contributed by atoms with van der Waals surface area (Å²) in [5, 5.41) is 9.43. The van der Waals surface area contributed by atoms with Crippen LogP contribution in [0.2, 0.25) is 0 Å². The van der Waals surface area contributed by atoms with Gasteiger partial charge in [0, 0.05) is 25.2 Å². The van der Waals surface area contributed by atoms with Crippen LogP contribution in [0.25, 0.3) is 11.5 Å². The second kappa shape index (κ2) is 6.60. The van der Waals surface area contributed by atoms with Crippen molar-refractivity contribution in [1.29, 1.82) is 0 Å². The highest BCUT2D eigenvalue weighted by Crippen LogP contribution is 2.33. The summed E-state index contributed by atoms with van der Waals surface area (Å²) >= 11 is 1.41. The maximum Gasteiger partial charge on any atom is 0.274 e. The number of thiazole rings is 1. The molecule has 1 N–H and O–H groups in total. The Bertz CT molecular complexity index is 878. The Kier molecular flexibility index (Phi) is 4.14. The zero-order valence-corrected chi connectivity index (χ0v) is 14.4. The van der Waals surface area contributed by atoms with Gasteiger partial charge in [-0.2, -0.15) is 4.98 Å². The molecule has 4 heterocycles. The molecule has 0 radical (unpaired) electrons. The molecule has 0 spiro atoms. The van der Waals surface area contributed by atoms with Crippen molar-refractivity contribution in [3.8, 4) is 11.5 Å². The van der Waals surface area contributed by atoms with Crippen LogP contribution >= 0.6 is 11.3 Å². The van der Waals surface area contributed by atoms with Crippen molar-refractivity contribution in [3.05, 3.63) is 41.4 Å². The molecule has 0 aromatic carbocycles. The molecular formula is C16H16N6O2S. The molecule has 1 atom stereocenters. The Hall–Kier alpha value is -2.81. The molecular weight excluding hydrogens is 340 g/mol. The molecule has 1 unspecified atom stereocenters. The Morgan fingerprint density at radius 3 is 3.08 bits per heavy atom. The zero-order valence-electron chi connectivity index (χ0n) is 13.5. The van der Waals surface area contributed by atoms with E-state index in [1.54, 1.807) is 23.5 Å². The molecule has 1 aliphatic heterocycles. The van der Waals surface area contributed by atoms with Gasteiger partial charge in [-0.3, -0.25) is 9.78 Å². The number of hydrogen-bond donors (Lipinski definition) is 1. The number of pyridine rings is 1. The number of carbonyl (C=O) groups is 1. The minimum atomic E-state index is -0.225. The van der Waals surface area contributed by atoms with Crippen molar-refractivity contribution < 1.29 is 9.32 Å². The fourth-order valence-corrected chi connectivity index (χ4v) is 3.52. The first-order valence-corrected chi connectivity index (χ1v) is 8.83. The number of anilines is 1. The minimum absolute atomic E-state index is 0.113. The van der Waals surface area contributed by atoms with E-state index >= 15 is 0 Å². The van der Waals surface area contributed by atoms with Crippen molar-refractivity contribution in [1.82, 2.24) is 25.0 Å². The van der Waals surface area contributed by atoms with Crippen LogP contribution in [0.1, 0.15) is 35.3 Å². The maximum atomic E-state index is 12.8. The molecule has 1 saturated heterocycles. The van der Waals surface area contributed by atoms with Crippen molar-refractivity contribution in [2.45, 2.75) is 18.9 Å². The van der Waals surface area contributed by atoms with E-state index in [9.17, 15) is 4.79 Å². The van der Waals surface area contributed by atoms with Crippen LogP contribution in [0, 0.1) is 0 Å². The van der Waals surface area contributed by atoms with E-state index in [2.05, 4.69) is 25.4 Å². The number of nitrogens with one attached hydrogen (secondary N) is 1. The molecule has 4 rings (SSSR count). The first kappa shape index (κ1) is 15.7. The predicted octanol–water partition coefficient (Wildman–Crippen LogP) is 2.61. The van der Waals surface area contributed by atoms with Crippen LogP contribution in [-0.4, -0.2) is 44.5 Å². The van der Waals surface area contributed by atoms with Gasteiger partial charge in [0.25, 0.3) is 5.91 Å². The lowest BCUT2D eigenvalue weighted by molar-refractivity contribution is 0.0705. The number of rotatable bonds is 4. The van der Waals surface area contributed by atoms with Crippen LogP contribution in [0.4, 0.5) is 5.13 Å². The van der Waals surface area contributed by atoms with Crippen molar-refractivity contribution in [3.63, 3.8) is 0 Å². The van der Waals surface area contributed by atoms with Gasteiger partial charge in [-0.15, -0.1) is 11.3 Å². The summed E-state index contributed by atoms with van der Waals surface area (Å²) in [5.41, 5.74) is 1.08. The number of aromatic nitrogens is 4. The summed E-state index contributed by atoms with van der Waals surface area (Å²) < 4.78 is 5.42. The number of nitrogens with zero attached hydrogens (tertiary/aromatic N) is 5. The van der Waals surface area contributed by atoms with Gasteiger partial charge in [-0.1, -0.05) is 11.2 Å². The first-order valence-electron chi connectivity index (χ1n) is 7.95. The summed E-state index contributed by atoms with van der Waals surface area (Å²) in [6.45, 7) is 0.650. The Labute approximate surface area is 147 Å². The van der Waals surface area contributed by atoms with E-state index in [-0.39, 0.29) is 11.9 Å². The second-order valence-corrected chi connectivity index (χ2v) is 6.47. The summed E-state index contributed by atoms with van der Waals surface area (Å²) in [4.78, 5) is 27.5. The van der Waals surface area contributed by atoms with E-state index in [0.29, 0.717) is 34.8 Å². The molecule has 0 bridgehead atoms. The standard InChI is InChI=1S/C16H16N6O2S/c1-17-16-19-11(9-25-16)15(23)22-8-4-6-12(22)14-20-13(21-24-14)10-5-2-3-7-18-10/h2-3,5,7,9,12H,4,6,8H2,1H3,(H,17,19). The number of likely N-dealkylation sites (tertiary alicyclic amines) is 1. The highest BCUT2D eigenvalue weighted by Gasteiger charge is 2.35. The van der Waals surface area contributed by atoms with Crippen LogP contribution in [0.5, 0.6) is 0 Å². The summed E-state index contributed by atoms with van der Waals surface area (Å²) in [7, 11) is 1.78. The van der Waals surface area contributed by atoms with E-state index < -0.39 is 0 Å². The molecule has 9 heteroatoms. The number of hydrogen-bond acceptors (Lipinski definition) is 8. The highest BCUT2D eigenvalue weighted by atomic mass is 32.1. The molecule has 1 amide bonds. The van der Waals surface area contributed by atoms with Crippen LogP contribution in [-0.2, 0) is 0 Å². The van der Waals surface area contributed by atoms with Gasteiger partial charge in [-0.05, 0) is 25.0 Å². The molecule has 1 aliphatic rings. The maximum absolute atomic E-state index is 12.8. The average molecular weight is 356 g/mol. The second-order valence-electron chi connectivity index (χ2n) is 5.62. The fourth-order valence-electron chi connectivity index (χ4n) is 2.87. The lowest BCUT2D eigenvalue weighted by atomic mass is 10.2. The lowest BCUT2D eigenvalue weighted by Gasteiger charge is -2.20. The van der Waals surface area contributed by atoms with Crippen LogP contribution in [0.3, 0.4) is 0 Å². The minimum Gasteiger partial charge on any atom is -0.365 e. The zero-order chi connectivity index (χ0) is 17.2. The Morgan fingerprint density at radius 2 is 2.32 bits per heavy atom. The van der Waals surface area contributed by atoms with Gasteiger partial charge in [0.15, 0.2) is 5.13 Å². The SMILES string of the molecule is CNc1nc(C(=O)N2CCCC2c2nc(-c3ccccn3)no2)cs1. The van der Waals surface area contributed by atoms with Crippen molar-refractivity contribution in [2.24, 2.45) is 0 Å². The molecule has 1 fully saturated rings. The van der Waals surface area contributed by atoms with E-state index in [1.165, 1.54) is 11.3 Å². The summed E-state index contributed by atoms with van der Waals surface area (Å²) in [6.07, 6.45) is 3.36. The molecule has 8 nitrogen and oxygen atoms in total. The lowest BCUT2D eigenvalue weighted by Crippen LogP contribution is -2.31.